The van der Waals surface area contributed by atoms with Crippen LogP contribution in [0.15, 0.2) is 87.1 Å². The monoisotopic (exact) mass is 553 g/mol. The van der Waals surface area contributed by atoms with Crippen molar-refractivity contribution in [3.8, 4) is 5.75 Å². The van der Waals surface area contributed by atoms with Gasteiger partial charge in [-0.05, 0) is 69.4 Å². The van der Waals surface area contributed by atoms with Gasteiger partial charge >= 0.3 is 0 Å². The van der Waals surface area contributed by atoms with E-state index >= 15 is 0 Å². The predicted octanol–water partition coefficient (Wildman–Crippen LogP) is 10.4. The number of benzene rings is 3. The molecular weight excluding hydrogens is 517 g/mol. The van der Waals surface area contributed by atoms with Crippen LogP contribution in [0.3, 0.4) is 0 Å². The highest BCUT2D eigenvalue weighted by atomic mass is 32.2. The molecule has 0 radical (unpaired) electrons. The molecule has 3 nitrogen and oxygen atoms in total. The van der Waals surface area contributed by atoms with E-state index < -0.39 is 0 Å². The molecule has 2 aliphatic heterocycles. The Labute approximate surface area is 241 Å². The zero-order chi connectivity index (χ0) is 27.5. The van der Waals surface area contributed by atoms with Gasteiger partial charge < -0.3 is 15.3 Å². The number of phenolic OH excluding ortho intramolecular Hbond substituents is 1. The number of hydrogen-bond acceptors (Lipinski definition) is 4. The Bertz CT molecular complexity index is 1470. The lowest BCUT2D eigenvalue weighted by Gasteiger charge is -2.42. The van der Waals surface area contributed by atoms with Crippen molar-refractivity contribution in [3.05, 3.63) is 94.5 Å². The molecule has 1 unspecified atom stereocenters. The average Bonchev–Trinajstić information content (AvgIpc) is 2.88. The molecule has 0 spiro atoms. The Morgan fingerprint density at radius 2 is 1.67 bits per heavy atom. The number of allylic oxidation sites excluding steroid dienone is 4. The van der Waals surface area contributed by atoms with Gasteiger partial charge in [0.1, 0.15) is 5.75 Å². The van der Waals surface area contributed by atoms with Crippen LogP contribution in [0.5, 0.6) is 5.75 Å². The van der Waals surface area contributed by atoms with Crippen molar-refractivity contribution < 1.29 is 5.11 Å². The summed E-state index contributed by atoms with van der Waals surface area (Å²) < 4.78 is 0. The van der Waals surface area contributed by atoms with Gasteiger partial charge in [-0.25, -0.2) is 0 Å². The lowest BCUT2D eigenvalue weighted by Crippen LogP contribution is -2.33. The zero-order valence-electron chi connectivity index (χ0n) is 23.7. The molecule has 3 aromatic rings. The van der Waals surface area contributed by atoms with E-state index in [-0.39, 0.29) is 10.8 Å². The summed E-state index contributed by atoms with van der Waals surface area (Å²) in [5.74, 6) is 1.74. The fourth-order valence-electron chi connectivity index (χ4n) is 5.76. The van der Waals surface area contributed by atoms with Crippen LogP contribution in [-0.4, -0.2) is 11.0 Å². The minimum Gasteiger partial charge on any atom is -0.656 e. The van der Waals surface area contributed by atoms with E-state index in [0.717, 1.165) is 41.2 Å². The summed E-state index contributed by atoms with van der Waals surface area (Å²) in [5.41, 5.74) is 7.98. The van der Waals surface area contributed by atoms with Crippen molar-refractivity contribution in [2.75, 3.05) is 10.8 Å². The number of thioether (sulfide) groups is 1. The van der Waals surface area contributed by atoms with Gasteiger partial charge in [0, 0.05) is 33.3 Å². The van der Waals surface area contributed by atoms with Crippen LogP contribution in [0.2, 0.25) is 0 Å². The Kier molecular flexibility index (Phi) is 6.59. The summed E-state index contributed by atoms with van der Waals surface area (Å²) in [5, 5.41) is 16.2. The molecule has 1 atom stereocenters. The van der Waals surface area contributed by atoms with E-state index in [1.165, 1.54) is 31.6 Å². The van der Waals surface area contributed by atoms with Gasteiger partial charge in [-0.15, -0.1) is 23.1 Å². The second-order valence-corrected chi connectivity index (χ2v) is 15.0. The highest BCUT2D eigenvalue weighted by Crippen LogP contribution is 2.54. The van der Waals surface area contributed by atoms with E-state index in [1.807, 2.05) is 23.5 Å². The molecule has 39 heavy (non-hydrogen) atoms. The summed E-state index contributed by atoms with van der Waals surface area (Å²) in [6, 6.07) is 17.5. The topological polar surface area (TPSA) is 37.6 Å². The summed E-state index contributed by atoms with van der Waals surface area (Å²) >= 11 is 3.68. The van der Waals surface area contributed by atoms with E-state index in [0.29, 0.717) is 11.7 Å². The fraction of sp³-hybridized carbons (Fsp3) is 0.353. The van der Waals surface area contributed by atoms with E-state index in [2.05, 4.69) is 113 Å². The molecule has 2 heterocycles. The highest BCUT2D eigenvalue weighted by Gasteiger charge is 2.31. The lowest BCUT2D eigenvalue weighted by atomic mass is 9.79. The number of aromatic hydroxyl groups is 1. The van der Waals surface area contributed by atoms with Gasteiger partial charge in [-0.2, -0.15) is 0 Å². The molecule has 3 aliphatic rings. The Hall–Kier alpha value is -2.76. The summed E-state index contributed by atoms with van der Waals surface area (Å²) in [4.78, 5) is 6.17. The number of anilines is 1. The first-order valence-corrected chi connectivity index (χ1v) is 15.6. The average molecular weight is 554 g/mol. The van der Waals surface area contributed by atoms with E-state index in [1.54, 1.807) is 0 Å². The van der Waals surface area contributed by atoms with Crippen molar-refractivity contribution in [2.24, 2.45) is 5.92 Å². The molecule has 0 bridgehead atoms. The third-order valence-corrected chi connectivity index (χ3v) is 9.93. The SMILES string of the molecule is CC(C)(C)c1cc(SCN2C3=CC=CCC3Cc3cc4c(cc32)Sc2ccccc2[N-]4)cc(C(C)(C)C)c1O. The van der Waals surface area contributed by atoms with E-state index in [9.17, 15) is 5.11 Å². The maximum absolute atomic E-state index is 11.2. The number of hydrogen-bond donors (Lipinski definition) is 1. The quantitative estimate of drug-likeness (QED) is 0.256. The number of para-hydroxylation sites is 1. The molecule has 0 saturated carbocycles. The maximum Gasteiger partial charge on any atom is 0.123 e. The van der Waals surface area contributed by atoms with Crippen molar-refractivity contribution >= 4 is 40.6 Å². The first-order valence-electron chi connectivity index (χ1n) is 13.8. The fourth-order valence-corrected chi connectivity index (χ4v) is 7.71. The van der Waals surface area contributed by atoms with Gasteiger partial charge in [0.2, 0.25) is 0 Å². The van der Waals surface area contributed by atoms with Crippen LogP contribution in [-0.2, 0) is 17.3 Å². The third kappa shape index (κ3) is 5.00. The van der Waals surface area contributed by atoms with Crippen LogP contribution in [0.4, 0.5) is 17.1 Å². The van der Waals surface area contributed by atoms with Crippen LogP contribution < -0.4 is 4.90 Å². The molecule has 1 N–H and O–H groups in total. The van der Waals surface area contributed by atoms with Gasteiger partial charge in [0.05, 0.1) is 5.88 Å². The van der Waals surface area contributed by atoms with Crippen molar-refractivity contribution in [1.82, 2.24) is 0 Å². The lowest BCUT2D eigenvalue weighted by molar-refractivity contribution is 0.422. The van der Waals surface area contributed by atoms with Crippen molar-refractivity contribution in [1.29, 1.82) is 0 Å². The molecule has 0 fully saturated rings. The van der Waals surface area contributed by atoms with Crippen LogP contribution in [0.25, 0.3) is 5.32 Å². The van der Waals surface area contributed by atoms with E-state index in [4.69, 9.17) is 5.32 Å². The molecule has 0 aromatic heterocycles. The zero-order valence-corrected chi connectivity index (χ0v) is 25.3. The van der Waals surface area contributed by atoms with Gasteiger partial charge in [0.25, 0.3) is 0 Å². The number of rotatable bonds is 3. The first-order chi connectivity index (χ1) is 18.5. The largest absolute Gasteiger partial charge is 0.656 e. The summed E-state index contributed by atoms with van der Waals surface area (Å²) in [6.45, 7) is 13.1. The van der Waals surface area contributed by atoms with Crippen LogP contribution in [0.1, 0.15) is 64.7 Å². The molecule has 202 valence electrons. The van der Waals surface area contributed by atoms with Gasteiger partial charge in [-0.3, -0.25) is 0 Å². The standard InChI is InChI=1S/C34H37N2OS2/c1-33(2,3)24-17-23(18-25(32(24)37)34(4,5)6)38-20-36-28-13-9-7-11-21(28)15-22-16-27-31(19-29(22)36)39-30-14-10-8-12-26(30)35-27/h7-10,12-14,16-19,21,37H,11,15,20H2,1-6H3/q-1. The second-order valence-electron chi connectivity index (χ2n) is 12.9. The van der Waals surface area contributed by atoms with Crippen LogP contribution >= 0.6 is 23.5 Å². The minimum absolute atomic E-state index is 0.143. The maximum atomic E-state index is 11.2. The minimum atomic E-state index is -0.143. The Morgan fingerprint density at radius 3 is 2.38 bits per heavy atom. The van der Waals surface area contributed by atoms with Gasteiger partial charge in [0.15, 0.2) is 0 Å². The molecule has 3 aromatic carbocycles. The molecule has 0 saturated heterocycles. The highest BCUT2D eigenvalue weighted by molar-refractivity contribution is 8.00. The molecule has 6 rings (SSSR count). The van der Waals surface area contributed by atoms with Crippen molar-refractivity contribution in [2.45, 2.75) is 79.9 Å². The smallest absolute Gasteiger partial charge is 0.123 e. The normalized spacial score (nSPS) is 17.9. The Balaban J connectivity index is 1.38. The van der Waals surface area contributed by atoms with Gasteiger partial charge in [-0.1, -0.05) is 89.7 Å². The number of nitrogens with zero attached hydrogens (tertiary/aromatic N) is 2. The summed E-state index contributed by atoms with van der Waals surface area (Å²) in [6.07, 6.45) is 8.93. The van der Waals surface area contributed by atoms with Crippen LogP contribution in [0, 0.1) is 5.92 Å². The van der Waals surface area contributed by atoms with Crippen molar-refractivity contribution in [3.63, 3.8) is 0 Å². The number of phenols is 1. The first kappa shape index (κ1) is 26.5. The molecular formula is C34H37N2OS2-. The third-order valence-electron chi connectivity index (χ3n) is 7.86. The summed E-state index contributed by atoms with van der Waals surface area (Å²) in [7, 11) is 0. The Morgan fingerprint density at radius 1 is 0.949 bits per heavy atom. The number of fused-ring (bicyclic) bond motifs is 4. The molecule has 1 aliphatic carbocycles. The molecule has 0 amide bonds. The predicted molar refractivity (Wildman–Crippen MR) is 167 cm³/mol. The second kappa shape index (κ2) is 9.71. The molecule has 5 heteroatoms.